The molecule has 1 saturated carbocycles. The number of nitrogens with one attached hydrogen (secondary N) is 1. The van der Waals surface area contributed by atoms with Crippen LogP contribution in [-0.4, -0.2) is 28.8 Å². The Hall–Kier alpha value is -1.55. The lowest BCUT2D eigenvalue weighted by Gasteiger charge is -2.31. The van der Waals surface area contributed by atoms with Crippen LogP contribution in [0, 0.1) is 5.92 Å². The van der Waals surface area contributed by atoms with Gasteiger partial charge in [-0.15, -0.1) is 0 Å². The smallest absolute Gasteiger partial charge is 0.337 e. The third-order valence-electron chi connectivity index (χ3n) is 2.95. The first-order valence-electron chi connectivity index (χ1n) is 5.41. The Labute approximate surface area is 93.9 Å². The van der Waals surface area contributed by atoms with Gasteiger partial charge in [-0.3, -0.25) is 0 Å². The van der Waals surface area contributed by atoms with Crippen molar-refractivity contribution in [2.24, 2.45) is 5.92 Å². The standard InChI is InChI=1S/C12H15NO3/c14-9-5-8(6-9)7-13-11-4-2-1-3-10(11)12(15)16/h1-4,8-9,13-14H,5-7H2,(H,15,16). The van der Waals surface area contributed by atoms with Gasteiger partial charge in [-0.25, -0.2) is 4.79 Å². The van der Waals surface area contributed by atoms with E-state index in [-0.39, 0.29) is 6.10 Å². The van der Waals surface area contributed by atoms with Crippen LogP contribution in [0.1, 0.15) is 23.2 Å². The summed E-state index contributed by atoms with van der Waals surface area (Å²) in [6, 6.07) is 6.87. The van der Waals surface area contributed by atoms with Crippen LogP contribution in [0.3, 0.4) is 0 Å². The second-order valence-corrected chi connectivity index (χ2v) is 4.22. The van der Waals surface area contributed by atoms with Crippen molar-refractivity contribution >= 4 is 11.7 Å². The number of aromatic carboxylic acids is 1. The number of carbonyl (C=O) groups is 1. The fourth-order valence-corrected chi connectivity index (χ4v) is 1.95. The molecule has 1 aromatic carbocycles. The molecule has 1 aliphatic rings. The lowest BCUT2D eigenvalue weighted by Crippen LogP contribution is -2.33. The highest BCUT2D eigenvalue weighted by atomic mass is 16.4. The number of para-hydroxylation sites is 1. The Kier molecular flexibility index (Phi) is 3.10. The van der Waals surface area contributed by atoms with Gasteiger partial charge in [-0.2, -0.15) is 0 Å². The summed E-state index contributed by atoms with van der Waals surface area (Å²) < 4.78 is 0. The van der Waals surface area contributed by atoms with Crippen LogP contribution in [0.15, 0.2) is 24.3 Å². The van der Waals surface area contributed by atoms with E-state index < -0.39 is 5.97 Å². The minimum absolute atomic E-state index is 0.165. The van der Waals surface area contributed by atoms with Gasteiger partial charge >= 0.3 is 5.97 Å². The molecule has 0 aliphatic heterocycles. The van der Waals surface area contributed by atoms with Gasteiger partial charge in [0.05, 0.1) is 11.7 Å². The second-order valence-electron chi connectivity index (χ2n) is 4.22. The molecule has 4 heteroatoms. The number of anilines is 1. The summed E-state index contributed by atoms with van der Waals surface area (Å²) in [5.41, 5.74) is 0.943. The number of aliphatic hydroxyl groups excluding tert-OH is 1. The molecule has 0 unspecified atom stereocenters. The maximum atomic E-state index is 10.9. The van der Waals surface area contributed by atoms with Crippen molar-refractivity contribution in [1.82, 2.24) is 0 Å². The molecule has 0 spiro atoms. The van der Waals surface area contributed by atoms with Crippen molar-refractivity contribution in [3.63, 3.8) is 0 Å². The lowest BCUT2D eigenvalue weighted by atomic mass is 9.82. The van der Waals surface area contributed by atoms with Crippen molar-refractivity contribution in [2.75, 3.05) is 11.9 Å². The normalized spacial score (nSPS) is 23.6. The minimum atomic E-state index is -0.920. The second kappa shape index (κ2) is 4.53. The number of rotatable bonds is 4. The largest absolute Gasteiger partial charge is 0.478 e. The predicted octanol–water partition coefficient (Wildman–Crippen LogP) is 1.57. The van der Waals surface area contributed by atoms with Gasteiger partial charge in [0, 0.05) is 12.2 Å². The fourth-order valence-electron chi connectivity index (χ4n) is 1.95. The van der Waals surface area contributed by atoms with E-state index in [0.717, 1.165) is 19.4 Å². The van der Waals surface area contributed by atoms with E-state index in [2.05, 4.69) is 5.32 Å². The van der Waals surface area contributed by atoms with Crippen LogP contribution in [0.25, 0.3) is 0 Å². The predicted molar refractivity (Wildman–Crippen MR) is 60.6 cm³/mol. The Bertz CT molecular complexity index is 386. The summed E-state index contributed by atoms with van der Waals surface area (Å²) in [5.74, 6) is -0.464. The van der Waals surface area contributed by atoms with Crippen molar-refractivity contribution in [1.29, 1.82) is 0 Å². The van der Waals surface area contributed by atoms with Gasteiger partial charge in [0.15, 0.2) is 0 Å². The van der Waals surface area contributed by atoms with E-state index in [4.69, 9.17) is 10.2 Å². The molecule has 4 nitrogen and oxygen atoms in total. The monoisotopic (exact) mass is 221 g/mol. The van der Waals surface area contributed by atoms with E-state index in [1.165, 1.54) is 0 Å². The van der Waals surface area contributed by atoms with Gasteiger partial charge in [0.1, 0.15) is 0 Å². The topological polar surface area (TPSA) is 69.6 Å². The molecule has 0 aromatic heterocycles. The van der Waals surface area contributed by atoms with Crippen molar-refractivity contribution in [3.05, 3.63) is 29.8 Å². The molecule has 0 bridgehead atoms. The fraction of sp³-hybridized carbons (Fsp3) is 0.417. The van der Waals surface area contributed by atoms with Crippen LogP contribution in [-0.2, 0) is 0 Å². The van der Waals surface area contributed by atoms with Crippen LogP contribution in [0.2, 0.25) is 0 Å². The molecule has 0 radical (unpaired) electrons. The van der Waals surface area contributed by atoms with Crippen LogP contribution < -0.4 is 5.32 Å². The average molecular weight is 221 g/mol. The molecule has 16 heavy (non-hydrogen) atoms. The molecular weight excluding hydrogens is 206 g/mol. The lowest BCUT2D eigenvalue weighted by molar-refractivity contribution is 0.0486. The van der Waals surface area contributed by atoms with E-state index in [1.54, 1.807) is 18.2 Å². The molecule has 86 valence electrons. The summed E-state index contributed by atoms with van der Waals surface area (Å²) in [5, 5.41) is 21.2. The Morgan fingerprint density at radius 1 is 1.38 bits per heavy atom. The number of carboxylic acid groups (broad SMARTS) is 1. The molecule has 1 aromatic rings. The Balaban J connectivity index is 1.95. The van der Waals surface area contributed by atoms with E-state index in [1.807, 2.05) is 6.07 Å². The van der Waals surface area contributed by atoms with Gasteiger partial charge < -0.3 is 15.5 Å². The third-order valence-corrected chi connectivity index (χ3v) is 2.95. The van der Waals surface area contributed by atoms with E-state index in [0.29, 0.717) is 17.2 Å². The summed E-state index contributed by atoms with van der Waals surface area (Å²) in [4.78, 5) is 10.9. The third kappa shape index (κ3) is 2.33. The van der Waals surface area contributed by atoms with E-state index >= 15 is 0 Å². The first kappa shape index (κ1) is 11.0. The number of hydrogen-bond acceptors (Lipinski definition) is 3. The molecular formula is C12H15NO3. The first-order chi connectivity index (χ1) is 7.66. The highest BCUT2D eigenvalue weighted by molar-refractivity contribution is 5.94. The summed E-state index contributed by atoms with van der Waals surface area (Å²) in [6.45, 7) is 0.724. The van der Waals surface area contributed by atoms with Gasteiger partial charge in [0.2, 0.25) is 0 Å². The molecule has 1 aliphatic carbocycles. The number of aliphatic hydroxyl groups is 1. The Morgan fingerprint density at radius 3 is 2.69 bits per heavy atom. The van der Waals surface area contributed by atoms with Crippen molar-refractivity contribution < 1.29 is 15.0 Å². The zero-order valence-electron chi connectivity index (χ0n) is 8.89. The molecule has 1 fully saturated rings. The number of benzene rings is 1. The molecule has 3 N–H and O–H groups in total. The molecule has 0 heterocycles. The maximum Gasteiger partial charge on any atom is 0.337 e. The summed E-state index contributed by atoms with van der Waals surface area (Å²) >= 11 is 0. The summed E-state index contributed by atoms with van der Waals surface area (Å²) in [7, 11) is 0. The van der Waals surface area contributed by atoms with Crippen molar-refractivity contribution in [3.8, 4) is 0 Å². The molecule has 0 saturated heterocycles. The molecule has 0 amide bonds. The summed E-state index contributed by atoms with van der Waals surface area (Å²) in [6.07, 6.45) is 1.45. The van der Waals surface area contributed by atoms with E-state index in [9.17, 15) is 4.79 Å². The van der Waals surface area contributed by atoms with Crippen LogP contribution in [0.5, 0.6) is 0 Å². The van der Waals surface area contributed by atoms with Gasteiger partial charge in [-0.05, 0) is 30.9 Å². The highest BCUT2D eigenvalue weighted by Crippen LogP contribution is 2.27. The molecule has 0 atom stereocenters. The zero-order valence-corrected chi connectivity index (χ0v) is 8.89. The number of hydrogen-bond donors (Lipinski definition) is 3. The van der Waals surface area contributed by atoms with Gasteiger partial charge in [-0.1, -0.05) is 12.1 Å². The maximum absolute atomic E-state index is 10.9. The minimum Gasteiger partial charge on any atom is -0.478 e. The van der Waals surface area contributed by atoms with Crippen LogP contribution in [0.4, 0.5) is 5.69 Å². The van der Waals surface area contributed by atoms with Crippen LogP contribution >= 0.6 is 0 Å². The van der Waals surface area contributed by atoms with Crippen molar-refractivity contribution in [2.45, 2.75) is 18.9 Å². The number of carboxylic acids is 1. The highest BCUT2D eigenvalue weighted by Gasteiger charge is 2.26. The Morgan fingerprint density at radius 2 is 2.06 bits per heavy atom. The quantitative estimate of drug-likeness (QED) is 0.721. The SMILES string of the molecule is O=C(O)c1ccccc1NCC1CC(O)C1. The zero-order chi connectivity index (χ0) is 11.5. The average Bonchev–Trinajstić information content (AvgIpc) is 2.23. The van der Waals surface area contributed by atoms with Gasteiger partial charge in [0.25, 0.3) is 0 Å². The first-order valence-corrected chi connectivity index (χ1v) is 5.41. The molecule has 2 rings (SSSR count).